The number of nitrogens with zero attached hydrogens (tertiary/aromatic N) is 3. The lowest BCUT2D eigenvalue weighted by molar-refractivity contribution is -0.115. The Morgan fingerprint density at radius 3 is 2.53 bits per heavy atom. The Hall–Kier alpha value is -2.42. The van der Waals surface area contributed by atoms with E-state index in [0.29, 0.717) is 22.0 Å². The smallest absolute Gasteiger partial charge is 0.361 e. The topological polar surface area (TPSA) is 56.7 Å². The van der Waals surface area contributed by atoms with Crippen LogP contribution in [0.1, 0.15) is 5.56 Å². The molecular weight excluding hydrogens is 262 g/mol. The predicted octanol–water partition coefficient (Wildman–Crippen LogP) is 3.04. The van der Waals surface area contributed by atoms with Crippen LogP contribution in [0.25, 0.3) is 5.53 Å². The van der Waals surface area contributed by atoms with E-state index in [0.717, 1.165) is 0 Å². The third-order valence-corrected chi connectivity index (χ3v) is 3.21. The van der Waals surface area contributed by atoms with E-state index in [1.807, 2.05) is 30.3 Å². The number of halogens is 1. The summed E-state index contributed by atoms with van der Waals surface area (Å²) >= 11 is 5.97. The Labute approximate surface area is 114 Å². The molecule has 0 aliphatic carbocycles. The lowest BCUT2D eigenvalue weighted by Gasteiger charge is -2.15. The van der Waals surface area contributed by atoms with Crippen molar-refractivity contribution in [3.8, 4) is 0 Å². The molecular formula is C14H8ClN3O. The summed E-state index contributed by atoms with van der Waals surface area (Å²) in [5, 5.41) is 0.520. The van der Waals surface area contributed by atoms with Gasteiger partial charge in [-0.3, -0.25) is 9.69 Å². The van der Waals surface area contributed by atoms with Gasteiger partial charge in [0.15, 0.2) is 0 Å². The van der Waals surface area contributed by atoms with Crippen molar-refractivity contribution in [2.24, 2.45) is 0 Å². The summed E-state index contributed by atoms with van der Waals surface area (Å²) in [4.78, 5) is 16.9. The summed E-state index contributed by atoms with van der Waals surface area (Å²) in [7, 11) is 0. The minimum absolute atomic E-state index is 0.0236. The number of carbonyl (C=O) groups excluding carboxylic acids is 1. The van der Waals surface area contributed by atoms with Gasteiger partial charge in [-0.05, 0) is 30.3 Å². The number of fused-ring (bicyclic) bond motifs is 1. The van der Waals surface area contributed by atoms with Crippen LogP contribution in [0.3, 0.4) is 0 Å². The molecule has 5 heteroatoms. The Balaban J connectivity index is 2.26. The van der Waals surface area contributed by atoms with Gasteiger partial charge in [0.2, 0.25) is 0 Å². The van der Waals surface area contributed by atoms with Crippen LogP contribution in [-0.2, 0) is 4.79 Å². The molecule has 2 aromatic carbocycles. The van der Waals surface area contributed by atoms with Gasteiger partial charge in [0.1, 0.15) is 0 Å². The number of amides is 1. The fraction of sp³-hybridized carbons (Fsp3) is 0. The summed E-state index contributed by atoms with van der Waals surface area (Å²) in [5.41, 5.74) is 10.9. The fourth-order valence-electron chi connectivity index (χ4n) is 2.15. The van der Waals surface area contributed by atoms with Gasteiger partial charge >= 0.3 is 11.6 Å². The summed E-state index contributed by atoms with van der Waals surface area (Å²) in [5.74, 6) is -0.369. The van der Waals surface area contributed by atoms with E-state index in [1.54, 1.807) is 18.2 Å². The molecule has 0 saturated heterocycles. The predicted molar refractivity (Wildman–Crippen MR) is 72.8 cm³/mol. The molecule has 0 aromatic heterocycles. The van der Waals surface area contributed by atoms with Gasteiger partial charge < -0.3 is 5.53 Å². The molecule has 0 bridgehead atoms. The number of para-hydroxylation sites is 1. The molecule has 3 rings (SSSR count). The summed E-state index contributed by atoms with van der Waals surface area (Å²) in [6, 6.07) is 14.2. The highest BCUT2D eigenvalue weighted by Crippen LogP contribution is 2.36. The number of hydrogen-bond acceptors (Lipinski definition) is 1. The Morgan fingerprint density at radius 2 is 1.84 bits per heavy atom. The van der Waals surface area contributed by atoms with Crippen LogP contribution in [0.5, 0.6) is 0 Å². The molecule has 0 radical (unpaired) electrons. The molecule has 1 aliphatic heterocycles. The van der Waals surface area contributed by atoms with Gasteiger partial charge in [-0.1, -0.05) is 29.8 Å². The van der Waals surface area contributed by atoms with Gasteiger partial charge in [0.05, 0.1) is 11.3 Å². The second-order valence-corrected chi connectivity index (χ2v) is 4.52. The molecule has 92 valence electrons. The SMILES string of the molecule is [N-]=[N+]=C1C(=O)N(c2ccccc2)c2cc(Cl)ccc21. The molecule has 1 amide bonds. The van der Waals surface area contributed by atoms with Crippen molar-refractivity contribution in [1.29, 1.82) is 0 Å². The largest absolute Gasteiger partial charge is 0.389 e. The molecule has 1 aliphatic rings. The number of anilines is 2. The maximum Gasteiger partial charge on any atom is 0.389 e. The molecule has 0 fully saturated rings. The molecule has 0 spiro atoms. The van der Waals surface area contributed by atoms with Crippen LogP contribution in [-0.4, -0.2) is 16.4 Å². The van der Waals surface area contributed by atoms with E-state index >= 15 is 0 Å². The lowest BCUT2D eigenvalue weighted by atomic mass is 10.1. The van der Waals surface area contributed by atoms with E-state index in [-0.39, 0.29) is 11.6 Å². The van der Waals surface area contributed by atoms with Crippen molar-refractivity contribution >= 4 is 34.6 Å². The molecule has 0 saturated carbocycles. The Kier molecular flexibility index (Phi) is 2.67. The van der Waals surface area contributed by atoms with Gasteiger partial charge in [0.25, 0.3) is 0 Å². The second-order valence-electron chi connectivity index (χ2n) is 4.09. The van der Waals surface area contributed by atoms with Crippen LogP contribution in [0.15, 0.2) is 48.5 Å². The van der Waals surface area contributed by atoms with E-state index in [1.165, 1.54) is 4.90 Å². The van der Waals surface area contributed by atoms with Crippen molar-refractivity contribution in [2.75, 3.05) is 4.90 Å². The molecule has 2 aromatic rings. The van der Waals surface area contributed by atoms with Gasteiger partial charge in [-0.15, -0.1) is 0 Å². The highest BCUT2D eigenvalue weighted by atomic mass is 35.5. The summed E-state index contributed by atoms with van der Waals surface area (Å²) < 4.78 is 0. The van der Waals surface area contributed by atoms with E-state index < -0.39 is 0 Å². The monoisotopic (exact) mass is 269 g/mol. The van der Waals surface area contributed by atoms with Gasteiger partial charge in [-0.2, -0.15) is 4.79 Å². The molecule has 1 heterocycles. The van der Waals surface area contributed by atoms with Crippen molar-refractivity contribution in [3.63, 3.8) is 0 Å². The normalized spacial score (nSPS) is 13.4. The van der Waals surface area contributed by atoms with Crippen molar-refractivity contribution in [3.05, 3.63) is 64.6 Å². The van der Waals surface area contributed by atoms with Crippen molar-refractivity contribution < 1.29 is 9.58 Å². The molecule has 0 unspecified atom stereocenters. The van der Waals surface area contributed by atoms with Crippen molar-refractivity contribution in [1.82, 2.24) is 0 Å². The minimum Gasteiger partial charge on any atom is -0.361 e. The maximum atomic E-state index is 12.3. The Bertz CT molecular complexity index is 721. The average Bonchev–Trinajstić information content (AvgIpc) is 2.70. The first-order valence-corrected chi connectivity index (χ1v) is 6.01. The van der Waals surface area contributed by atoms with Crippen LogP contribution in [0, 0.1) is 0 Å². The zero-order valence-corrected chi connectivity index (χ0v) is 10.5. The first kappa shape index (κ1) is 11.7. The Morgan fingerprint density at radius 1 is 1.11 bits per heavy atom. The summed E-state index contributed by atoms with van der Waals surface area (Å²) in [6.45, 7) is 0. The maximum absolute atomic E-state index is 12.3. The van der Waals surface area contributed by atoms with E-state index in [4.69, 9.17) is 17.1 Å². The fourth-order valence-corrected chi connectivity index (χ4v) is 2.32. The van der Waals surface area contributed by atoms with Crippen LogP contribution in [0.4, 0.5) is 11.4 Å². The quantitative estimate of drug-likeness (QED) is 0.580. The third-order valence-electron chi connectivity index (χ3n) is 2.98. The highest BCUT2D eigenvalue weighted by molar-refractivity contribution is 6.54. The molecule has 19 heavy (non-hydrogen) atoms. The zero-order valence-electron chi connectivity index (χ0n) is 9.75. The molecule has 0 atom stereocenters. The molecule has 0 N–H and O–H groups in total. The lowest BCUT2D eigenvalue weighted by Crippen LogP contribution is -2.25. The number of hydrogen-bond donors (Lipinski definition) is 0. The van der Waals surface area contributed by atoms with Crippen LogP contribution in [0.2, 0.25) is 5.02 Å². The zero-order chi connectivity index (χ0) is 13.4. The minimum atomic E-state index is -0.369. The van der Waals surface area contributed by atoms with Crippen LogP contribution >= 0.6 is 11.6 Å². The first-order chi connectivity index (χ1) is 9.22. The highest BCUT2D eigenvalue weighted by Gasteiger charge is 2.41. The summed E-state index contributed by atoms with van der Waals surface area (Å²) in [6.07, 6.45) is 0. The number of benzene rings is 2. The standard InChI is InChI=1S/C14H8ClN3O/c15-9-6-7-11-12(8-9)18(14(19)13(11)17-16)10-4-2-1-3-5-10/h1-8H. The van der Waals surface area contributed by atoms with Gasteiger partial charge in [0, 0.05) is 10.7 Å². The second kappa shape index (κ2) is 4.35. The first-order valence-electron chi connectivity index (χ1n) is 5.64. The average molecular weight is 270 g/mol. The van der Waals surface area contributed by atoms with E-state index in [2.05, 4.69) is 4.79 Å². The van der Waals surface area contributed by atoms with Gasteiger partial charge in [-0.25, -0.2) is 0 Å². The third kappa shape index (κ3) is 1.74. The van der Waals surface area contributed by atoms with Crippen molar-refractivity contribution in [2.45, 2.75) is 0 Å². The van der Waals surface area contributed by atoms with Crippen LogP contribution < -0.4 is 4.90 Å². The van der Waals surface area contributed by atoms with E-state index in [9.17, 15) is 4.79 Å². The number of carbonyl (C=O) groups is 1. The molecule has 4 nitrogen and oxygen atoms in total. The number of rotatable bonds is 1.